The van der Waals surface area contributed by atoms with Gasteiger partial charge in [0.1, 0.15) is 11.8 Å². The molecule has 0 radical (unpaired) electrons. The van der Waals surface area contributed by atoms with E-state index >= 15 is 0 Å². The van der Waals surface area contributed by atoms with Crippen molar-refractivity contribution in [2.75, 3.05) is 13.7 Å². The number of hydrogen-bond acceptors (Lipinski definition) is 6. The van der Waals surface area contributed by atoms with Crippen LogP contribution in [0.5, 0.6) is 5.75 Å². The van der Waals surface area contributed by atoms with Crippen molar-refractivity contribution in [2.24, 2.45) is 17.6 Å². The third kappa shape index (κ3) is 4.16. The Morgan fingerprint density at radius 1 is 1.42 bits per heavy atom. The van der Waals surface area contributed by atoms with E-state index in [1.165, 1.54) is 0 Å². The number of para-hydroxylation sites is 1. The van der Waals surface area contributed by atoms with E-state index in [-0.39, 0.29) is 36.2 Å². The van der Waals surface area contributed by atoms with Gasteiger partial charge in [0, 0.05) is 5.92 Å². The van der Waals surface area contributed by atoms with E-state index in [9.17, 15) is 4.79 Å². The number of rotatable bonds is 6. The van der Waals surface area contributed by atoms with Gasteiger partial charge >= 0.3 is 0 Å². The predicted octanol–water partition coefficient (Wildman–Crippen LogP) is 2.72. The lowest BCUT2D eigenvalue weighted by Crippen LogP contribution is -2.36. The van der Waals surface area contributed by atoms with Gasteiger partial charge in [0.05, 0.1) is 12.7 Å². The van der Waals surface area contributed by atoms with Gasteiger partial charge in [-0.3, -0.25) is 4.79 Å². The molecule has 0 saturated heterocycles. The molecule has 1 heterocycles. The van der Waals surface area contributed by atoms with E-state index in [1.807, 2.05) is 31.2 Å². The number of benzene rings is 1. The summed E-state index contributed by atoms with van der Waals surface area (Å²) in [6.45, 7) is 2.38. The number of hydrogen-bond donors (Lipinski definition) is 2. The quantitative estimate of drug-likeness (QED) is 0.798. The van der Waals surface area contributed by atoms with Crippen molar-refractivity contribution in [2.45, 2.75) is 32.2 Å². The lowest BCUT2D eigenvalue weighted by atomic mass is 9.95. The lowest BCUT2D eigenvalue weighted by molar-refractivity contribution is -0.126. The summed E-state index contributed by atoms with van der Waals surface area (Å²) in [5.74, 6) is 1.73. The van der Waals surface area contributed by atoms with Gasteiger partial charge in [-0.2, -0.15) is 4.98 Å². The van der Waals surface area contributed by atoms with Gasteiger partial charge < -0.3 is 20.3 Å². The highest BCUT2D eigenvalue weighted by Gasteiger charge is 2.33. The van der Waals surface area contributed by atoms with Crippen LogP contribution in [-0.2, 0) is 4.79 Å². The molecule has 0 bridgehead atoms. The van der Waals surface area contributed by atoms with Crippen molar-refractivity contribution in [3.63, 3.8) is 0 Å². The number of nitrogens with one attached hydrogen (secondary N) is 1. The van der Waals surface area contributed by atoms with Crippen LogP contribution in [0.2, 0.25) is 0 Å². The normalized spacial score (nSPS) is 20.3. The molecule has 1 aromatic heterocycles. The van der Waals surface area contributed by atoms with Crippen LogP contribution < -0.4 is 15.8 Å². The van der Waals surface area contributed by atoms with Crippen LogP contribution in [0.1, 0.15) is 38.1 Å². The number of carbonyl (C=O) groups is 1. The summed E-state index contributed by atoms with van der Waals surface area (Å²) in [5, 5.41) is 6.99. The van der Waals surface area contributed by atoms with Crippen molar-refractivity contribution in [3.8, 4) is 17.1 Å². The van der Waals surface area contributed by atoms with Crippen LogP contribution in [0.3, 0.4) is 0 Å². The summed E-state index contributed by atoms with van der Waals surface area (Å²) in [6.07, 6.45) is 2.95. The first-order valence-electron chi connectivity index (χ1n) is 8.61. The Morgan fingerprint density at radius 3 is 2.92 bits per heavy atom. The minimum Gasteiger partial charge on any atom is -0.496 e. The average Bonchev–Trinajstić information content (AvgIpc) is 3.30. The highest BCUT2D eigenvalue weighted by atomic mass is 35.5. The molecule has 1 fully saturated rings. The molecule has 1 aliphatic carbocycles. The molecule has 26 heavy (non-hydrogen) atoms. The monoisotopic (exact) mass is 380 g/mol. The predicted molar refractivity (Wildman–Crippen MR) is 100.0 cm³/mol. The van der Waals surface area contributed by atoms with Crippen molar-refractivity contribution in [1.82, 2.24) is 15.5 Å². The zero-order valence-electron chi connectivity index (χ0n) is 15.0. The molecule has 8 heteroatoms. The van der Waals surface area contributed by atoms with Crippen molar-refractivity contribution in [3.05, 3.63) is 30.2 Å². The van der Waals surface area contributed by atoms with Gasteiger partial charge in [-0.15, -0.1) is 12.4 Å². The maximum Gasteiger partial charge on any atom is 0.249 e. The number of methoxy groups -OCH3 is 1. The van der Waals surface area contributed by atoms with Crippen LogP contribution in [0.25, 0.3) is 11.4 Å². The molecule has 1 unspecified atom stereocenters. The summed E-state index contributed by atoms with van der Waals surface area (Å²) in [7, 11) is 1.60. The van der Waals surface area contributed by atoms with Gasteiger partial charge in [-0.1, -0.05) is 23.7 Å². The van der Waals surface area contributed by atoms with E-state index in [0.717, 1.165) is 24.8 Å². The van der Waals surface area contributed by atoms with Crippen LogP contribution in [0.4, 0.5) is 0 Å². The second-order valence-electron chi connectivity index (χ2n) is 6.42. The molecule has 7 nitrogen and oxygen atoms in total. The highest BCUT2D eigenvalue weighted by Crippen LogP contribution is 2.32. The molecule has 1 aromatic carbocycles. The van der Waals surface area contributed by atoms with E-state index in [2.05, 4.69) is 15.5 Å². The molecule has 3 atom stereocenters. The largest absolute Gasteiger partial charge is 0.496 e. The molecule has 0 spiro atoms. The standard InChI is InChI=1S/C18H24N4O3.ClH/c1-11(20-17(23)13-8-5-6-12(13)10-19)18-21-16(22-25-18)14-7-3-4-9-15(14)24-2;/h3-4,7,9,11-13H,5-6,8,10,19H2,1-2H3,(H,20,23);1H/t11?,12-,13-;/m1./s1. The Balaban J connectivity index is 0.00000243. The Labute approximate surface area is 159 Å². The minimum atomic E-state index is -0.359. The number of ether oxygens (including phenoxy) is 1. The van der Waals surface area contributed by atoms with Crippen LogP contribution in [-0.4, -0.2) is 29.7 Å². The molecule has 1 aliphatic rings. The van der Waals surface area contributed by atoms with Gasteiger partial charge in [-0.05, 0) is 44.4 Å². The molecule has 1 saturated carbocycles. The second-order valence-corrected chi connectivity index (χ2v) is 6.42. The first-order valence-corrected chi connectivity index (χ1v) is 8.61. The maximum atomic E-state index is 12.5. The molecule has 1 amide bonds. The van der Waals surface area contributed by atoms with Crippen LogP contribution in [0.15, 0.2) is 28.8 Å². The van der Waals surface area contributed by atoms with Gasteiger partial charge in [0.25, 0.3) is 0 Å². The number of aromatic nitrogens is 2. The number of nitrogens with zero attached hydrogens (tertiary/aromatic N) is 2. The summed E-state index contributed by atoms with van der Waals surface area (Å²) in [5.41, 5.74) is 6.51. The number of nitrogens with two attached hydrogens (primary N) is 1. The van der Waals surface area contributed by atoms with Gasteiger partial charge in [0.2, 0.25) is 17.6 Å². The second kappa shape index (κ2) is 9.00. The first-order chi connectivity index (χ1) is 12.1. The zero-order valence-corrected chi connectivity index (χ0v) is 15.8. The molecular weight excluding hydrogens is 356 g/mol. The Hall–Kier alpha value is -2.12. The fraction of sp³-hybridized carbons (Fsp3) is 0.500. The Morgan fingerprint density at radius 2 is 2.19 bits per heavy atom. The number of halogens is 1. The molecule has 2 aromatic rings. The van der Waals surface area contributed by atoms with Gasteiger partial charge in [0.15, 0.2) is 0 Å². The SMILES string of the molecule is COc1ccccc1-c1noc(C(C)NC(=O)[C@@H]2CCC[C@@H]2CN)n1.Cl. The highest BCUT2D eigenvalue weighted by molar-refractivity contribution is 5.85. The van der Waals surface area contributed by atoms with Crippen molar-refractivity contribution >= 4 is 18.3 Å². The Kier molecular flexibility index (Phi) is 6.99. The lowest BCUT2D eigenvalue weighted by Gasteiger charge is -2.19. The topological polar surface area (TPSA) is 103 Å². The Bertz CT molecular complexity index is 737. The first kappa shape index (κ1) is 20.2. The fourth-order valence-electron chi connectivity index (χ4n) is 3.40. The summed E-state index contributed by atoms with van der Waals surface area (Å²) >= 11 is 0. The van der Waals surface area contributed by atoms with Crippen LogP contribution >= 0.6 is 12.4 Å². The summed E-state index contributed by atoms with van der Waals surface area (Å²) < 4.78 is 10.7. The average molecular weight is 381 g/mol. The van der Waals surface area contributed by atoms with Crippen molar-refractivity contribution in [1.29, 1.82) is 0 Å². The zero-order chi connectivity index (χ0) is 17.8. The van der Waals surface area contributed by atoms with E-state index in [4.69, 9.17) is 15.0 Å². The molecular formula is C18H25ClN4O3. The smallest absolute Gasteiger partial charge is 0.249 e. The van der Waals surface area contributed by atoms with Gasteiger partial charge in [-0.25, -0.2) is 0 Å². The van der Waals surface area contributed by atoms with Crippen LogP contribution in [0, 0.1) is 11.8 Å². The van der Waals surface area contributed by atoms with E-state index in [1.54, 1.807) is 7.11 Å². The molecule has 3 N–H and O–H groups in total. The van der Waals surface area contributed by atoms with E-state index in [0.29, 0.717) is 24.0 Å². The number of amides is 1. The maximum absolute atomic E-state index is 12.5. The molecule has 3 rings (SSSR count). The third-order valence-electron chi connectivity index (χ3n) is 4.82. The number of carbonyl (C=O) groups excluding carboxylic acids is 1. The summed E-state index contributed by atoms with van der Waals surface area (Å²) in [6, 6.07) is 7.10. The molecule has 142 valence electrons. The van der Waals surface area contributed by atoms with E-state index < -0.39 is 0 Å². The minimum absolute atomic E-state index is 0. The molecule has 0 aliphatic heterocycles. The fourth-order valence-corrected chi connectivity index (χ4v) is 3.40. The van der Waals surface area contributed by atoms with Crippen molar-refractivity contribution < 1.29 is 14.1 Å². The third-order valence-corrected chi connectivity index (χ3v) is 4.82. The summed E-state index contributed by atoms with van der Waals surface area (Å²) in [4.78, 5) is 16.9.